The molecule has 1 aromatic carbocycles. The summed E-state index contributed by atoms with van der Waals surface area (Å²) in [5.41, 5.74) is 1.41. The fraction of sp³-hybridized carbons (Fsp3) is 0.308. The van der Waals surface area contributed by atoms with Gasteiger partial charge in [0.05, 0.1) is 0 Å². The van der Waals surface area contributed by atoms with E-state index in [0.717, 1.165) is 5.56 Å². The standard InChI is InChI=1S/C13H16O2/c1-10(2)8-12(13(14)15)9-11-6-4-3-5-7-11/h3-7,9-10H,8H2,1-2H3,(H,14,15)/b12-9-. The van der Waals surface area contributed by atoms with Gasteiger partial charge >= 0.3 is 5.97 Å². The van der Waals surface area contributed by atoms with E-state index in [1.165, 1.54) is 0 Å². The Morgan fingerprint density at radius 3 is 2.40 bits per heavy atom. The van der Waals surface area contributed by atoms with E-state index in [9.17, 15) is 4.79 Å². The minimum absolute atomic E-state index is 0.357. The SMILES string of the molecule is CC(C)C/C(=C/c1ccccc1)C(=O)O. The number of carboxylic acid groups (broad SMARTS) is 1. The van der Waals surface area contributed by atoms with E-state index in [4.69, 9.17) is 5.11 Å². The van der Waals surface area contributed by atoms with Gasteiger partial charge < -0.3 is 5.11 Å². The number of rotatable bonds is 4. The van der Waals surface area contributed by atoms with Crippen LogP contribution in [0.1, 0.15) is 25.8 Å². The maximum Gasteiger partial charge on any atom is 0.331 e. The van der Waals surface area contributed by atoms with Gasteiger partial charge in [-0.2, -0.15) is 0 Å². The third-order valence-corrected chi connectivity index (χ3v) is 2.04. The summed E-state index contributed by atoms with van der Waals surface area (Å²) in [6.45, 7) is 4.03. The minimum Gasteiger partial charge on any atom is -0.478 e. The number of hydrogen-bond acceptors (Lipinski definition) is 1. The van der Waals surface area contributed by atoms with Gasteiger partial charge in [0.25, 0.3) is 0 Å². The molecule has 0 saturated carbocycles. The molecular formula is C13H16O2. The van der Waals surface area contributed by atoms with E-state index < -0.39 is 5.97 Å². The van der Waals surface area contributed by atoms with Crippen LogP contribution in [0.2, 0.25) is 0 Å². The summed E-state index contributed by atoms with van der Waals surface area (Å²) in [7, 11) is 0. The molecule has 0 radical (unpaired) electrons. The highest BCUT2D eigenvalue weighted by atomic mass is 16.4. The molecule has 0 aliphatic heterocycles. The van der Waals surface area contributed by atoms with Crippen molar-refractivity contribution >= 4 is 12.0 Å². The highest BCUT2D eigenvalue weighted by Gasteiger charge is 2.09. The molecule has 0 aromatic heterocycles. The molecule has 1 N–H and O–H groups in total. The second kappa shape index (κ2) is 5.35. The number of benzene rings is 1. The maximum atomic E-state index is 11.0. The Bertz CT molecular complexity index is 350. The van der Waals surface area contributed by atoms with Crippen molar-refractivity contribution in [2.45, 2.75) is 20.3 Å². The highest BCUT2D eigenvalue weighted by molar-refractivity contribution is 5.92. The third kappa shape index (κ3) is 3.98. The van der Waals surface area contributed by atoms with Crippen LogP contribution in [0.4, 0.5) is 0 Å². The number of aliphatic carboxylic acids is 1. The molecule has 0 aliphatic carbocycles. The Hall–Kier alpha value is -1.57. The Morgan fingerprint density at radius 1 is 1.33 bits per heavy atom. The van der Waals surface area contributed by atoms with Gasteiger partial charge in [-0.3, -0.25) is 0 Å². The van der Waals surface area contributed by atoms with Gasteiger partial charge in [0, 0.05) is 5.57 Å². The Kier molecular flexibility index (Phi) is 4.10. The zero-order chi connectivity index (χ0) is 11.3. The summed E-state index contributed by atoms with van der Waals surface area (Å²) in [5, 5.41) is 9.02. The maximum absolute atomic E-state index is 11.0. The lowest BCUT2D eigenvalue weighted by Gasteiger charge is -2.05. The molecule has 1 rings (SSSR count). The summed E-state index contributed by atoms with van der Waals surface area (Å²) < 4.78 is 0. The quantitative estimate of drug-likeness (QED) is 0.765. The molecule has 15 heavy (non-hydrogen) atoms. The highest BCUT2D eigenvalue weighted by Crippen LogP contribution is 2.15. The van der Waals surface area contributed by atoms with Crippen molar-refractivity contribution in [2.24, 2.45) is 5.92 Å². The first-order chi connectivity index (χ1) is 7.09. The molecule has 1 aromatic rings. The van der Waals surface area contributed by atoms with Crippen LogP contribution in [0.3, 0.4) is 0 Å². The number of carbonyl (C=O) groups is 1. The van der Waals surface area contributed by atoms with E-state index in [1.54, 1.807) is 6.08 Å². The molecule has 0 heterocycles. The Morgan fingerprint density at radius 2 is 1.93 bits per heavy atom. The van der Waals surface area contributed by atoms with E-state index in [1.807, 2.05) is 44.2 Å². The minimum atomic E-state index is -0.826. The third-order valence-electron chi connectivity index (χ3n) is 2.04. The summed E-state index contributed by atoms with van der Waals surface area (Å²) in [5.74, 6) is -0.469. The van der Waals surface area contributed by atoms with Crippen LogP contribution in [-0.2, 0) is 4.79 Å². The first-order valence-corrected chi connectivity index (χ1v) is 5.08. The molecule has 0 aliphatic rings. The van der Waals surface area contributed by atoms with E-state index in [-0.39, 0.29) is 0 Å². The lowest BCUT2D eigenvalue weighted by Crippen LogP contribution is -2.03. The van der Waals surface area contributed by atoms with E-state index in [2.05, 4.69) is 0 Å². The van der Waals surface area contributed by atoms with Crippen molar-refractivity contribution in [1.29, 1.82) is 0 Å². The van der Waals surface area contributed by atoms with Crippen LogP contribution >= 0.6 is 0 Å². The van der Waals surface area contributed by atoms with Gasteiger partial charge in [0.15, 0.2) is 0 Å². The Labute approximate surface area is 90.3 Å². The molecule has 0 atom stereocenters. The Balaban J connectivity index is 2.89. The molecule has 2 heteroatoms. The first kappa shape index (κ1) is 11.5. The number of hydrogen-bond donors (Lipinski definition) is 1. The summed E-state index contributed by atoms with van der Waals surface area (Å²) in [4.78, 5) is 11.0. The lowest BCUT2D eigenvalue weighted by molar-refractivity contribution is -0.132. The van der Waals surface area contributed by atoms with Crippen LogP contribution in [0, 0.1) is 5.92 Å². The fourth-order valence-electron chi connectivity index (χ4n) is 1.40. The molecule has 0 bridgehead atoms. The van der Waals surface area contributed by atoms with Crippen molar-refractivity contribution in [3.63, 3.8) is 0 Å². The van der Waals surface area contributed by atoms with Crippen LogP contribution < -0.4 is 0 Å². The van der Waals surface area contributed by atoms with Crippen LogP contribution in [0.5, 0.6) is 0 Å². The number of carboxylic acids is 1. The summed E-state index contributed by atoms with van der Waals surface area (Å²) >= 11 is 0. The van der Waals surface area contributed by atoms with Crippen molar-refractivity contribution in [1.82, 2.24) is 0 Å². The van der Waals surface area contributed by atoms with Crippen molar-refractivity contribution in [3.8, 4) is 0 Å². The van der Waals surface area contributed by atoms with Gasteiger partial charge in [-0.1, -0.05) is 44.2 Å². The average molecular weight is 204 g/mol. The summed E-state index contributed by atoms with van der Waals surface area (Å²) in [6, 6.07) is 9.54. The van der Waals surface area contributed by atoms with Gasteiger partial charge in [-0.15, -0.1) is 0 Å². The molecule has 0 spiro atoms. The zero-order valence-electron chi connectivity index (χ0n) is 9.10. The molecule has 0 amide bonds. The van der Waals surface area contributed by atoms with Gasteiger partial charge in [0.1, 0.15) is 0 Å². The molecule has 0 unspecified atom stereocenters. The predicted octanol–water partition coefficient (Wildman–Crippen LogP) is 3.20. The van der Waals surface area contributed by atoms with Crippen LogP contribution in [0.15, 0.2) is 35.9 Å². The predicted molar refractivity (Wildman–Crippen MR) is 61.5 cm³/mol. The van der Waals surface area contributed by atoms with Crippen molar-refractivity contribution in [2.75, 3.05) is 0 Å². The van der Waals surface area contributed by atoms with E-state index in [0.29, 0.717) is 17.9 Å². The second-order valence-electron chi connectivity index (χ2n) is 3.98. The van der Waals surface area contributed by atoms with Crippen LogP contribution in [-0.4, -0.2) is 11.1 Å². The molecular weight excluding hydrogens is 188 g/mol. The average Bonchev–Trinajstić information content (AvgIpc) is 2.17. The fourth-order valence-corrected chi connectivity index (χ4v) is 1.40. The second-order valence-corrected chi connectivity index (χ2v) is 3.98. The molecule has 80 valence electrons. The zero-order valence-corrected chi connectivity index (χ0v) is 9.10. The van der Waals surface area contributed by atoms with Gasteiger partial charge in [-0.25, -0.2) is 4.79 Å². The lowest BCUT2D eigenvalue weighted by atomic mass is 10.0. The molecule has 0 saturated heterocycles. The normalized spacial score (nSPS) is 11.8. The van der Waals surface area contributed by atoms with E-state index >= 15 is 0 Å². The summed E-state index contributed by atoms with van der Waals surface area (Å²) in [6.07, 6.45) is 2.34. The van der Waals surface area contributed by atoms with Crippen LogP contribution in [0.25, 0.3) is 6.08 Å². The van der Waals surface area contributed by atoms with Gasteiger partial charge in [0.2, 0.25) is 0 Å². The topological polar surface area (TPSA) is 37.3 Å². The monoisotopic (exact) mass is 204 g/mol. The van der Waals surface area contributed by atoms with Gasteiger partial charge in [-0.05, 0) is 24.0 Å². The molecule has 0 fully saturated rings. The first-order valence-electron chi connectivity index (χ1n) is 5.08. The van der Waals surface area contributed by atoms with Crippen molar-refractivity contribution < 1.29 is 9.90 Å². The largest absolute Gasteiger partial charge is 0.478 e. The van der Waals surface area contributed by atoms with Crippen molar-refractivity contribution in [3.05, 3.63) is 41.5 Å². The molecule has 2 nitrogen and oxygen atoms in total. The smallest absolute Gasteiger partial charge is 0.331 e.